The molecule has 138 valence electrons. The predicted molar refractivity (Wildman–Crippen MR) is 99.3 cm³/mol. The summed E-state index contributed by atoms with van der Waals surface area (Å²) >= 11 is 0. The molecule has 7 nitrogen and oxygen atoms in total. The van der Waals surface area contributed by atoms with Crippen LogP contribution < -0.4 is 15.0 Å². The van der Waals surface area contributed by atoms with Crippen LogP contribution in [0.2, 0.25) is 0 Å². The van der Waals surface area contributed by atoms with Crippen LogP contribution >= 0.6 is 0 Å². The summed E-state index contributed by atoms with van der Waals surface area (Å²) in [6, 6.07) is 9.16. The highest BCUT2D eigenvalue weighted by atomic mass is 16.5. The molecule has 0 bridgehead atoms. The van der Waals surface area contributed by atoms with Crippen molar-refractivity contribution in [3.8, 4) is 5.75 Å². The number of carbonyl (C=O) groups is 2. The topological polar surface area (TPSA) is 76.5 Å². The molecule has 7 heteroatoms. The lowest BCUT2D eigenvalue weighted by Crippen LogP contribution is -2.45. The molecule has 0 saturated heterocycles. The monoisotopic (exact) mass is 356 g/mol. The number of aryl methyl sites for hydroxylation is 1. The summed E-state index contributed by atoms with van der Waals surface area (Å²) in [6.45, 7) is 4.90. The number of amides is 2. The van der Waals surface area contributed by atoms with E-state index >= 15 is 0 Å². The van der Waals surface area contributed by atoms with Gasteiger partial charge in [-0.25, -0.2) is 4.68 Å². The molecule has 0 spiro atoms. The maximum atomic E-state index is 12.4. The number of aromatic nitrogens is 2. The molecule has 1 aliphatic heterocycles. The summed E-state index contributed by atoms with van der Waals surface area (Å²) in [5.74, 6) is 1.07. The van der Waals surface area contributed by atoms with Crippen LogP contribution in [-0.2, 0) is 16.1 Å². The van der Waals surface area contributed by atoms with Gasteiger partial charge in [0.15, 0.2) is 6.10 Å². The second-order valence-corrected chi connectivity index (χ2v) is 6.31. The van der Waals surface area contributed by atoms with Crippen molar-refractivity contribution in [2.45, 2.75) is 45.8 Å². The number of fused-ring (bicyclic) bond motifs is 1. The molecule has 3 rings (SSSR count). The lowest BCUT2D eigenvalue weighted by Gasteiger charge is -2.32. The van der Waals surface area contributed by atoms with Crippen LogP contribution in [0.15, 0.2) is 36.5 Å². The SMILES string of the molecule is CCCCn1nccc1NC(=O)CCN1C(=O)C(C)Oc2ccccc21. The molecular weight excluding hydrogens is 332 g/mol. The minimum atomic E-state index is -0.552. The Balaban J connectivity index is 1.63. The number of nitrogens with one attached hydrogen (secondary N) is 1. The predicted octanol–water partition coefficient (Wildman–Crippen LogP) is 2.83. The standard InChI is InChI=1S/C19H24N4O3/c1-3-4-12-23-17(9-11-20-23)21-18(24)10-13-22-15-7-5-6-8-16(15)26-14(2)19(22)25/h5-9,11,14H,3-4,10,12-13H2,1-2H3,(H,21,24). The van der Waals surface area contributed by atoms with Crippen LogP contribution in [0.1, 0.15) is 33.1 Å². The molecule has 0 aliphatic carbocycles. The van der Waals surface area contributed by atoms with Gasteiger partial charge in [0.2, 0.25) is 5.91 Å². The summed E-state index contributed by atoms with van der Waals surface area (Å²) in [4.78, 5) is 26.4. The van der Waals surface area contributed by atoms with Gasteiger partial charge in [-0.3, -0.25) is 9.59 Å². The van der Waals surface area contributed by atoms with E-state index in [2.05, 4.69) is 17.3 Å². The first-order valence-corrected chi connectivity index (χ1v) is 8.99. The Kier molecular flexibility index (Phi) is 5.55. The first-order chi connectivity index (χ1) is 12.6. The fraction of sp³-hybridized carbons (Fsp3) is 0.421. The first kappa shape index (κ1) is 18.0. The molecule has 2 heterocycles. The van der Waals surface area contributed by atoms with Gasteiger partial charge in [0.1, 0.15) is 11.6 Å². The summed E-state index contributed by atoms with van der Waals surface area (Å²) in [7, 11) is 0. The van der Waals surface area contributed by atoms with Gasteiger partial charge >= 0.3 is 0 Å². The van der Waals surface area contributed by atoms with Crippen molar-refractivity contribution in [1.82, 2.24) is 9.78 Å². The van der Waals surface area contributed by atoms with Gasteiger partial charge < -0.3 is 15.0 Å². The Morgan fingerprint density at radius 1 is 1.27 bits per heavy atom. The molecule has 26 heavy (non-hydrogen) atoms. The van der Waals surface area contributed by atoms with Crippen LogP contribution in [0.5, 0.6) is 5.75 Å². The average molecular weight is 356 g/mol. The van der Waals surface area contributed by atoms with E-state index in [9.17, 15) is 9.59 Å². The molecule has 0 fully saturated rings. The largest absolute Gasteiger partial charge is 0.479 e. The van der Waals surface area contributed by atoms with Gasteiger partial charge in [-0.05, 0) is 25.5 Å². The lowest BCUT2D eigenvalue weighted by atomic mass is 10.1. The Hall–Kier alpha value is -2.83. The second kappa shape index (κ2) is 8.03. The molecule has 1 atom stereocenters. The maximum absolute atomic E-state index is 12.4. The van der Waals surface area contributed by atoms with Gasteiger partial charge in [-0.1, -0.05) is 25.5 Å². The number of hydrogen-bond acceptors (Lipinski definition) is 4. The number of nitrogens with zero attached hydrogens (tertiary/aromatic N) is 3. The van der Waals surface area contributed by atoms with Gasteiger partial charge in [0.25, 0.3) is 5.91 Å². The van der Waals surface area contributed by atoms with Crippen LogP contribution in [0.25, 0.3) is 0 Å². The third kappa shape index (κ3) is 3.87. The van der Waals surface area contributed by atoms with Gasteiger partial charge in [0, 0.05) is 25.6 Å². The molecule has 2 aromatic rings. The van der Waals surface area contributed by atoms with Crippen molar-refractivity contribution in [2.24, 2.45) is 0 Å². The normalized spacial score (nSPS) is 16.2. The van der Waals surface area contributed by atoms with Crippen LogP contribution in [0.4, 0.5) is 11.5 Å². The second-order valence-electron chi connectivity index (χ2n) is 6.31. The highest BCUT2D eigenvalue weighted by Gasteiger charge is 2.31. The van der Waals surface area contributed by atoms with E-state index < -0.39 is 6.10 Å². The zero-order chi connectivity index (χ0) is 18.5. The fourth-order valence-electron chi connectivity index (χ4n) is 2.93. The third-order valence-corrected chi connectivity index (χ3v) is 4.34. The highest BCUT2D eigenvalue weighted by molar-refractivity contribution is 6.00. The molecule has 2 amide bonds. The molecule has 1 unspecified atom stereocenters. The fourth-order valence-corrected chi connectivity index (χ4v) is 2.93. The van der Waals surface area contributed by atoms with Crippen LogP contribution in [0, 0.1) is 0 Å². The van der Waals surface area contributed by atoms with Gasteiger partial charge in [-0.2, -0.15) is 5.10 Å². The third-order valence-electron chi connectivity index (χ3n) is 4.34. The molecule has 1 aromatic heterocycles. The quantitative estimate of drug-likeness (QED) is 0.828. The molecule has 1 aliphatic rings. The molecule has 1 aromatic carbocycles. The smallest absolute Gasteiger partial charge is 0.267 e. The average Bonchev–Trinajstić information content (AvgIpc) is 3.07. The van der Waals surface area contributed by atoms with Gasteiger partial charge in [-0.15, -0.1) is 0 Å². The van der Waals surface area contributed by atoms with Crippen molar-refractivity contribution in [1.29, 1.82) is 0 Å². The van der Waals surface area contributed by atoms with Gasteiger partial charge in [0.05, 0.1) is 11.9 Å². The molecule has 0 radical (unpaired) electrons. The van der Waals surface area contributed by atoms with Crippen molar-refractivity contribution >= 4 is 23.3 Å². The first-order valence-electron chi connectivity index (χ1n) is 8.99. The minimum Gasteiger partial charge on any atom is -0.479 e. The van der Waals surface area contributed by atoms with E-state index in [0.717, 1.165) is 19.4 Å². The molecule has 1 N–H and O–H groups in total. The number of ether oxygens (including phenoxy) is 1. The number of unbranched alkanes of at least 4 members (excludes halogenated alkanes) is 1. The number of hydrogen-bond donors (Lipinski definition) is 1. The summed E-state index contributed by atoms with van der Waals surface area (Å²) < 4.78 is 7.41. The number of rotatable bonds is 7. The number of para-hydroxylation sites is 2. The Morgan fingerprint density at radius 2 is 2.08 bits per heavy atom. The van der Waals surface area contributed by atoms with Crippen LogP contribution in [-0.4, -0.2) is 34.2 Å². The Bertz CT molecular complexity index is 787. The van der Waals surface area contributed by atoms with E-state index in [4.69, 9.17) is 4.74 Å². The summed E-state index contributed by atoms with van der Waals surface area (Å²) in [6.07, 6.45) is 3.38. The summed E-state index contributed by atoms with van der Waals surface area (Å²) in [5.41, 5.74) is 0.705. The molecule has 0 saturated carbocycles. The number of benzene rings is 1. The van der Waals surface area contributed by atoms with Crippen LogP contribution in [0.3, 0.4) is 0 Å². The zero-order valence-electron chi connectivity index (χ0n) is 15.1. The van der Waals surface area contributed by atoms with Crippen molar-refractivity contribution < 1.29 is 14.3 Å². The van der Waals surface area contributed by atoms with E-state index in [-0.39, 0.29) is 18.2 Å². The van der Waals surface area contributed by atoms with E-state index in [0.29, 0.717) is 23.8 Å². The summed E-state index contributed by atoms with van der Waals surface area (Å²) in [5, 5.41) is 7.11. The van der Waals surface area contributed by atoms with E-state index in [1.165, 1.54) is 0 Å². The lowest BCUT2D eigenvalue weighted by molar-refractivity contribution is -0.125. The van der Waals surface area contributed by atoms with Crippen molar-refractivity contribution in [3.05, 3.63) is 36.5 Å². The molecular formula is C19H24N4O3. The zero-order valence-corrected chi connectivity index (χ0v) is 15.1. The number of carbonyl (C=O) groups excluding carboxylic acids is 2. The van der Waals surface area contributed by atoms with E-state index in [1.807, 2.05) is 24.3 Å². The van der Waals surface area contributed by atoms with E-state index in [1.54, 1.807) is 28.8 Å². The Labute approximate surface area is 152 Å². The highest BCUT2D eigenvalue weighted by Crippen LogP contribution is 2.33. The van der Waals surface area contributed by atoms with Crippen molar-refractivity contribution in [3.63, 3.8) is 0 Å². The van der Waals surface area contributed by atoms with Crippen molar-refractivity contribution in [2.75, 3.05) is 16.8 Å². The number of anilines is 2. The Morgan fingerprint density at radius 3 is 2.88 bits per heavy atom. The maximum Gasteiger partial charge on any atom is 0.267 e. The minimum absolute atomic E-state index is 0.135.